The molecule has 2 heterocycles. The number of hydrogen-bond acceptors (Lipinski definition) is 5. The molecule has 23 heavy (non-hydrogen) atoms. The maximum absolute atomic E-state index is 11.6. The second kappa shape index (κ2) is 7.47. The zero-order chi connectivity index (χ0) is 17.0. The SMILES string of the molecule is CN(C)C(=O)COC[C@H]1CN(c2ncccc2Cl)CC(C)(C)O1. The Morgan fingerprint density at radius 1 is 1.57 bits per heavy atom. The molecule has 1 aliphatic rings. The van der Waals surface area contributed by atoms with Crippen molar-refractivity contribution in [3.05, 3.63) is 23.4 Å². The molecule has 0 aliphatic carbocycles. The van der Waals surface area contributed by atoms with Crippen LogP contribution in [0.4, 0.5) is 5.82 Å². The lowest BCUT2D eigenvalue weighted by Crippen LogP contribution is -2.54. The lowest BCUT2D eigenvalue weighted by molar-refractivity contribution is -0.139. The first-order chi connectivity index (χ1) is 10.8. The normalized spacial score (nSPS) is 20.4. The van der Waals surface area contributed by atoms with Crippen molar-refractivity contribution in [2.24, 2.45) is 0 Å². The summed E-state index contributed by atoms with van der Waals surface area (Å²) in [6.07, 6.45) is 1.58. The van der Waals surface area contributed by atoms with E-state index in [1.165, 1.54) is 4.90 Å². The zero-order valence-electron chi connectivity index (χ0n) is 14.1. The Bertz CT molecular complexity index is 551. The van der Waals surface area contributed by atoms with Crippen molar-refractivity contribution in [3.8, 4) is 0 Å². The summed E-state index contributed by atoms with van der Waals surface area (Å²) in [6, 6.07) is 3.64. The van der Waals surface area contributed by atoms with E-state index < -0.39 is 0 Å². The number of carbonyl (C=O) groups excluding carboxylic acids is 1. The largest absolute Gasteiger partial charge is 0.369 e. The van der Waals surface area contributed by atoms with Crippen LogP contribution in [0.2, 0.25) is 5.02 Å². The molecule has 1 aromatic rings. The highest BCUT2D eigenvalue weighted by Gasteiger charge is 2.34. The van der Waals surface area contributed by atoms with E-state index in [2.05, 4.69) is 9.88 Å². The number of ether oxygens (including phenoxy) is 2. The van der Waals surface area contributed by atoms with Crippen LogP contribution in [0, 0.1) is 0 Å². The van der Waals surface area contributed by atoms with Crippen molar-refractivity contribution in [1.82, 2.24) is 9.88 Å². The van der Waals surface area contributed by atoms with Gasteiger partial charge in [0.25, 0.3) is 0 Å². The molecule has 0 spiro atoms. The summed E-state index contributed by atoms with van der Waals surface area (Å²) < 4.78 is 11.6. The fourth-order valence-corrected chi connectivity index (χ4v) is 2.80. The van der Waals surface area contributed by atoms with Crippen molar-refractivity contribution < 1.29 is 14.3 Å². The van der Waals surface area contributed by atoms with Gasteiger partial charge in [-0.25, -0.2) is 4.98 Å². The van der Waals surface area contributed by atoms with Gasteiger partial charge in [0.1, 0.15) is 12.4 Å². The van der Waals surface area contributed by atoms with E-state index in [0.717, 1.165) is 5.82 Å². The van der Waals surface area contributed by atoms with Gasteiger partial charge in [0, 0.05) is 33.4 Å². The van der Waals surface area contributed by atoms with Crippen LogP contribution >= 0.6 is 11.6 Å². The fourth-order valence-electron chi connectivity index (χ4n) is 2.56. The summed E-state index contributed by atoms with van der Waals surface area (Å²) in [5.41, 5.74) is -0.349. The van der Waals surface area contributed by atoms with Gasteiger partial charge in [0.2, 0.25) is 5.91 Å². The van der Waals surface area contributed by atoms with Crippen LogP contribution in [0.5, 0.6) is 0 Å². The highest BCUT2D eigenvalue weighted by atomic mass is 35.5. The minimum Gasteiger partial charge on any atom is -0.369 e. The lowest BCUT2D eigenvalue weighted by atomic mass is 10.1. The summed E-state index contributed by atoms with van der Waals surface area (Å²) in [4.78, 5) is 19.5. The third-order valence-corrected chi connectivity index (χ3v) is 3.84. The third-order valence-electron chi connectivity index (χ3n) is 3.55. The molecule has 1 atom stereocenters. The Hall–Kier alpha value is -1.37. The van der Waals surface area contributed by atoms with E-state index >= 15 is 0 Å². The average molecular weight is 342 g/mol. The van der Waals surface area contributed by atoms with Crippen LogP contribution in [0.1, 0.15) is 13.8 Å². The number of amides is 1. The minimum absolute atomic E-state index is 0.0532. The number of hydrogen-bond donors (Lipinski definition) is 0. The Kier molecular flexibility index (Phi) is 5.84. The number of carbonyl (C=O) groups is 1. The molecular formula is C16H24ClN3O3. The van der Waals surface area contributed by atoms with E-state index in [1.54, 1.807) is 20.3 Å². The topological polar surface area (TPSA) is 54.9 Å². The molecule has 7 heteroatoms. The molecule has 0 bridgehead atoms. The number of nitrogens with zero attached hydrogens (tertiary/aromatic N) is 3. The maximum atomic E-state index is 11.6. The molecule has 1 aliphatic heterocycles. The van der Waals surface area contributed by atoms with Crippen molar-refractivity contribution in [2.75, 3.05) is 45.3 Å². The Morgan fingerprint density at radius 3 is 2.96 bits per heavy atom. The summed E-state index contributed by atoms with van der Waals surface area (Å²) in [5, 5.41) is 0.618. The molecule has 1 saturated heterocycles. The Labute approximate surface area is 142 Å². The first-order valence-electron chi connectivity index (χ1n) is 7.60. The van der Waals surface area contributed by atoms with E-state index in [4.69, 9.17) is 21.1 Å². The second-order valence-electron chi connectivity index (χ2n) is 6.49. The number of halogens is 1. The monoisotopic (exact) mass is 341 g/mol. The standard InChI is InChI=1S/C16H24ClN3O3/c1-16(2)11-20(15-13(17)6-5-7-18-15)8-12(23-16)9-22-10-14(21)19(3)4/h5-7,12H,8-11H2,1-4H3/t12-/m1/s1. The Morgan fingerprint density at radius 2 is 2.30 bits per heavy atom. The molecule has 6 nitrogen and oxygen atoms in total. The molecule has 1 amide bonds. The molecule has 0 unspecified atom stereocenters. The van der Waals surface area contributed by atoms with Crippen LogP contribution in [0.3, 0.4) is 0 Å². The molecule has 0 radical (unpaired) electrons. The molecule has 128 valence electrons. The Balaban J connectivity index is 1.99. The van der Waals surface area contributed by atoms with Gasteiger partial charge >= 0.3 is 0 Å². The zero-order valence-corrected chi connectivity index (χ0v) is 14.8. The molecule has 0 aromatic carbocycles. The predicted molar refractivity (Wildman–Crippen MR) is 89.9 cm³/mol. The van der Waals surface area contributed by atoms with Crippen molar-refractivity contribution in [1.29, 1.82) is 0 Å². The number of pyridine rings is 1. The highest BCUT2D eigenvalue weighted by molar-refractivity contribution is 6.32. The maximum Gasteiger partial charge on any atom is 0.248 e. The second-order valence-corrected chi connectivity index (χ2v) is 6.90. The molecule has 0 N–H and O–H groups in total. The van der Waals surface area contributed by atoms with Crippen molar-refractivity contribution in [3.63, 3.8) is 0 Å². The molecular weight excluding hydrogens is 318 g/mol. The predicted octanol–water partition coefficient (Wildman–Crippen LogP) is 1.82. The summed E-state index contributed by atoms with van der Waals surface area (Å²) >= 11 is 6.25. The number of likely N-dealkylation sites (N-methyl/N-ethyl adjacent to an activating group) is 1. The number of anilines is 1. The van der Waals surface area contributed by atoms with Gasteiger partial charge in [-0.1, -0.05) is 11.6 Å². The first kappa shape index (κ1) is 18.0. The van der Waals surface area contributed by atoms with Crippen molar-refractivity contribution in [2.45, 2.75) is 25.6 Å². The van der Waals surface area contributed by atoms with Crippen molar-refractivity contribution >= 4 is 23.3 Å². The minimum atomic E-state index is -0.349. The molecule has 1 aromatic heterocycles. The smallest absolute Gasteiger partial charge is 0.248 e. The van der Waals surface area contributed by atoms with Gasteiger partial charge in [0.15, 0.2) is 0 Å². The van der Waals surface area contributed by atoms with Crippen LogP contribution in [-0.4, -0.2) is 67.9 Å². The average Bonchev–Trinajstić information content (AvgIpc) is 2.45. The van der Waals surface area contributed by atoms with E-state index in [9.17, 15) is 4.79 Å². The third kappa shape index (κ3) is 5.06. The van der Waals surface area contributed by atoms with E-state index in [-0.39, 0.29) is 24.2 Å². The highest BCUT2D eigenvalue weighted by Crippen LogP contribution is 2.29. The first-order valence-corrected chi connectivity index (χ1v) is 7.97. The summed E-state index contributed by atoms with van der Waals surface area (Å²) in [7, 11) is 3.41. The van der Waals surface area contributed by atoms with Crippen LogP contribution in [0.25, 0.3) is 0 Å². The van der Waals surface area contributed by atoms with Gasteiger partial charge in [-0.05, 0) is 26.0 Å². The number of morpholine rings is 1. The lowest BCUT2D eigenvalue weighted by Gasteiger charge is -2.43. The van der Waals surface area contributed by atoms with E-state index in [1.807, 2.05) is 26.0 Å². The van der Waals surface area contributed by atoms with Gasteiger partial charge in [-0.2, -0.15) is 0 Å². The summed E-state index contributed by atoms with van der Waals surface area (Å²) in [5.74, 6) is 0.685. The van der Waals surface area contributed by atoms with Crippen LogP contribution < -0.4 is 4.90 Å². The number of aromatic nitrogens is 1. The molecule has 1 fully saturated rings. The van der Waals surface area contributed by atoms with Crippen LogP contribution in [0.15, 0.2) is 18.3 Å². The van der Waals surface area contributed by atoms with Gasteiger partial charge in [-0.15, -0.1) is 0 Å². The van der Waals surface area contributed by atoms with Gasteiger partial charge < -0.3 is 19.3 Å². The molecule has 2 rings (SSSR count). The van der Waals surface area contributed by atoms with Gasteiger partial charge in [-0.3, -0.25) is 4.79 Å². The fraction of sp³-hybridized carbons (Fsp3) is 0.625. The van der Waals surface area contributed by atoms with Gasteiger partial charge in [0.05, 0.1) is 23.3 Å². The quantitative estimate of drug-likeness (QED) is 0.817. The molecule has 0 saturated carbocycles. The van der Waals surface area contributed by atoms with Crippen LogP contribution in [-0.2, 0) is 14.3 Å². The summed E-state index contributed by atoms with van der Waals surface area (Å²) in [6.45, 7) is 5.76. The van der Waals surface area contributed by atoms with E-state index in [0.29, 0.717) is 24.7 Å². The number of rotatable bonds is 5.